The largest absolute Gasteiger partial charge is 0.489 e. The maximum Gasteiger partial charge on any atom is 0.220 e. The third-order valence-electron chi connectivity index (χ3n) is 5.33. The number of benzene rings is 2. The first kappa shape index (κ1) is 22.3. The van der Waals surface area contributed by atoms with E-state index >= 15 is 0 Å². The van der Waals surface area contributed by atoms with E-state index in [2.05, 4.69) is 17.6 Å². The highest BCUT2D eigenvalue weighted by Crippen LogP contribution is 2.23. The van der Waals surface area contributed by atoms with Crippen molar-refractivity contribution in [2.75, 3.05) is 13.1 Å². The molecule has 0 spiro atoms. The monoisotopic (exact) mass is 402 g/mol. The topological polar surface area (TPSA) is 50.4 Å². The Labute approximate surface area is 174 Å². The summed E-state index contributed by atoms with van der Waals surface area (Å²) in [6.45, 7) is 5.35. The van der Waals surface area contributed by atoms with Crippen molar-refractivity contribution in [3.05, 3.63) is 65.7 Å². The van der Waals surface area contributed by atoms with E-state index in [0.29, 0.717) is 31.4 Å². The van der Waals surface area contributed by atoms with E-state index in [0.717, 1.165) is 30.0 Å². The minimum Gasteiger partial charge on any atom is -0.489 e. The number of carbonyl (C=O) groups is 1. The van der Waals surface area contributed by atoms with Crippen LogP contribution in [0, 0.1) is 11.8 Å². The van der Waals surface area contributed by atoms with Crippen LogP contribution in [-0.4, -0.2) is 19.0 Å². The van der Waals surface area contributed by atoms with Crippen molar-refractivity contribution in [3.8, 4) is 5.75 Å². The molecule has 1 heterocycles. The van der Waals surface area contributed by atoms with Gasteiger partial charge in [-0.1, -0.05) is 55.5 Å². The summed E-state index contributed by atoms with van der Waals surface area (Å²) in [6, 6.07) is 18.0. The molecule has 0 bridgehead atoms. The van der Waals surface area contributed by atoms with Crippen LogP contribution in [0.15, 0.2) is 54.6 Å². The Morgan fingerprint density at radius 1 is 1.18 bits per heavy atom. The summed E-state index contributed by atoms with van der Waals surface area (Å²) in [6.07, 6.45) is 3.01. The summed E-state index contributed by atoms with van der Waals surface area (Å²) in [5, 5.41) is 6.50. The number of para-hydroxylation sites is 1. The highest BCUT2D eigenvalue weighted by Gasteiger charge is 2.22. The molecule has 2 aromatic rings. The molecule has 0 aromatic heterocycles. The Kier molecular flexibility index (Phi) is 9.32. The summed E-state index contributed by atoms with van der Waals surface area (Å²) < 4.78 is 5.97. The van der Waals surface area contributed by atoms with Gasteiger partial charge in [0, 0.05) is 18.5 Å². The Morgan fingerprint density at radius 2 is 1.93 bits per heavy atom. The molecule has 1 aliphatic rings. The lowest BCUT2D eigenvalue weighted by Crippen LogP contribution is -2.35. The molecule has 2 unspecified atom stereocenters. The number of piperidine rings is 1. The quantitative estimate of drug-likeness (QED) is 0.690. The molecule has 0 radical (unpaired) electrons. The van der Waals surface area contributed by atoms with Crippen molar-refractivity contribution in [2.45, 2.75) is 39.3 Å². The molecule has 1 fully saturated rings. The predicted octanol–water partition coefficient (Wildman–Crippen LogP) is 4.33. The zero-order valence-corrected chi connectivity index (χ0v) is 17.3. The lowest BCUT2D eigenvalue weighted by Gasteiger charge is -2.28. The molecule has 3 rings (SSSR count). The third-order valence-corrected chi connectivity index (χ3v) is 5.33. The molecule has 1 amide bonds. The van der Waals surface area contributed by atoms with Crippen LogP contribution >= 0.6 is 12.4 Å². The molecule has 1 saturated heterocycles. The summed E-state index contributed by atoms with van der Waals surface area (Å²) >= 11 is 0. The molecular weight excluding hydrogens is 372 g/mol. The summed E-state index contributed by atoms with van der Waals surface area (Å²) in [5.41, 5.74) is 2.14. The Hall–Kier alpha value is -2.04. The van der Waals surface area contributed by atoms with Gasteiger partial charge in [-0.05, 0) is 49.4 Å². The molecule has 5 heteroatoms. The molecule has 1 aliphatic heterocycles. The predicted molar refractivity (Wildman–Crippen MR) is 116 cm³/mol. The highest BCUT2D eigenvalue weighted by atomic mass is 35.5. The minimum absolute atomic E-state index is 0. The van der Waals surface area contributed by atoms with Crippen molar-refractivity contribution < 1.29 is 9.53 Å². The minimum atomic E-state index is 0. The number of nitrogens with one attached hydrogen (secondary N) is 2. The van der Waals surface area contributed by atoms with E-state index in [4.69, 9.17) is 4.74 Å². The van der Waals surface area contributed by atoms with Gasteiger partial charge in [0.25, 0.3) is 0 Å². The Morgan fingerprint density at radius 3 is 2.68 bits per heavy atom. The first-order chi connectivity index (χ1) is 13.2. The molecule has 152 valence electrons. The third kappa shape index (κ3) is 6.84. The van der Waals surface area contributed by atoms with E-state index in [-0.39, 0.29) is 18.3 Å². The van der Waals surface area contributed by atoms with E-state index in [9.17, 15) is 4.79 Å². The van der Waals surface area contributed by atoms with Gasteiger partial charge in [-0.15, -0.1) is 12.4 Å². The molecule has 2 atom stereocenters. The standard InChI is InChI=1S/C23H30N2O2.ClH/c1-18(20-11-7-13-24-15-20)14-23(26)25-16-21-10-5-6-12-22(21)27-17-19-8-3-2-4-9-19;/h2-6,8-10,12,18,20,24H,7,11,13-17H2,1H3,(H,25,26);1H. The van der Waals surface area contributed by atoms with Crippen molar-refractivity contribution in [2.24, 2.45) is 11.8 Å². The fourth-order valence-electron chi connectivity index (χ4n) is 3.62. The smallest absolute Gasteiger partial charge is 0.220 e. The van der Waals surface area contributed by atoms with Gasteiger partial charge in [0.1, 0.15) is 12.4 Å². The lowest BCUT2D eigenvalue weighted by molar-refractivity contribution is -0.122. The van der Waals surface area contributed by atoms with Gasteiger partial charge in [0.05, 0.1) is 0 Å². The molecule has 4 nitrogen and oxygen atoms in total. The van der Waals surface area contributed by atoms with Crippen LogP contribution in [-0.2, 0) is 17.9 Å². The number of rotatable bonds is 8. The molecule has 28 heavy (non-hydrogen) atoms. The second-order valence-corrected chi connectivity index (χ2v) is 7.45. The maximum absolute atomic E-state index is 12.4. The van der Waals surface area contributed by atoms with E-state index in [1.54, 1.807) is 0 Å². The Bertz CT molecular complexity index is 718. The number of halogens is 1. The maximum atomic E-state index is 12.4. The van der Waals surface area contributed by atoms with Crippen LogP contribution in [0.25, 0.3) is 0 Å². The molecule has 0 aliphatic carbocycles. The van der Waals surface area contributed by atoms with Crippen molar-refractivity contribution >= 4 is 18.3 Å². The Balaban J connectivity index is 0.00000280. The van der Waals surface area contributed by atoms with Crippen LogP contribution in [0.5, 0.6) is 5.75 Å². The van der Waals surface area contributed by atoms with Gasteiger partial charge in [0.15, 0.2) is 0 Å². The highest BCUT2D eigenvalue weighted by molar-refractivity contribution is 5.85. The summed E-state index contributed by atoms with van der Waals surface area (Å²) in [7, 11) is 0. The zero-order chi connectivity index (χ0) is 18.9. The van der Waals surface area contributed by atoms with Crippen LogP contribution in [0.2, 0.25) is 0 Å². The van der Waals surface area contributed by atoms with Crippen molar-refractivity contribution in [3.63, 3.8) is 0 Å². The first-order valence-corrected chi connectivity index (χ1v) is 9.94. The van der Waals surface area contributed by atoms with Gasteiger partial charge in [-0.3, -0.25) is 4.79 Å². The lowest BCUT2D eigenvalue weighted by atomic mass is 9.85. The van der Waals surface area contributed by atoms with Gasteiger partial charge in [-0.25, -0.2) is 0 Å². The number of carbonyl (C=O) groups excluding carboxylic acids is 1. The van der Waals surface area contributed by atoms with E-state index < -0.39 is 0 Å². The van der Waals surface area contributed by atoms with Crippen molar-refractivity contribution in [1.82, 2.24) is 10.6 Å². The fraction of sp³-hybridized carbons (Fsp3) is 0.435. The van der Waals surface area contributed by atoms with Gasteiger partial charge in [-0.2, -0.15) is 0 Å². The van der Waals surface area contributed by atoms with Gasteiger partial charge in [0.2, 0.25) is 5.91 Å². The van der Waals surface area contributed by atoms with E-state index in [1.165, 1.54) is 12.8 Å². The number of ether oxygens (including phenoxy) is 1. The molecular formula is C23H31ClN2O2. The van der Waals surface area contributed by atoms with Gasteiger partial charge >= 0.3 is 0 Å². The number of hydrogen-bond acceptors (Lipinski definition) is 3. The summed E-state index contributed by atoms with van der Waals surface area (Å²) in [5.74, 6) is 1.95. The average molecular weight is 403 g/mol. The van der Waals surface area contributed by atoms with Crippen LogP contribution < -0.4 is 15.4 Å². The molecule has 0 saturated carbocycles. The molecule has 2 N–H and O–H groups in total. The fourth-order valence-corrected chi connectivity index (χ4v) is 3.62. The summed E-state index contributed by atoms with van der Waals surface area (Å²) in [4.78, 5) is 12.4. The van der Waals surface area contributed by atoms with Gasteiger partial charge < -0.3 is 15.4 Å². The SMILES string of the molecule is CC(CC(=O)NCc1ccccc1OCc1ccccc1)C1CCCNC1.Cl. The first-order valence-electron chi connectivity index (χ1n) is 9.94. The second kappa shape index (κ2) is 11.7. The number of amides is 1. The average Bonchev–Trinajstić information content (AvgIpc) is 2.72. The van der Waals surface area contributed by atoms with Crippen LogP contribution in [0.3, 0.4) is 0 Å². The van der Waals surface area contributed by atoms with E-state index in [1.807, 2.05) is 54.6 Å². The normalized spacial score (nSPS) is 17.2. The zero-order valence-electron chi connectivity index (χ0n) is 16.5. The molecule has 2 aromatic carbocycles. The van der Waals surface area contributed by atoms with Crippen LogP contribution in [0.1, 0.15) is 37.3 Å². The van der Waals surface area contributed by atoms with Crippen LogP contribution in [0.4, 0.5) is 0 Å². The number of hydrogen-bond donors (Lipinski definition) is 2. The van der Waals surface area contributed by atoms with Crippen molar-refractivity contribution in [1.29, 1.82) is 0 Å². The second-order valence-electron chi connectivity index (χ2n) is 7.45.